The number of hydrogen-bond donors (Lipinski definition) is 2. The number of nitrogens with zero attached hydrogens (tertiary/aromatic N) is 2. The number of ether oxygens (including phenoxy) is 1. The molecule has 2 aromatic rings. The summed E-state index contributed by atoms with van der Waals surface area (Å²) < 4.78 is 7.52. The molecule has 1 unspecified atom stereocenters. The Morgan fingerprint density at radius 3 is 2.83 bits per heavy atom. The van der Waals surface area contributed by atoms with Crippen LogP contribution in [0.1, 0.15) is 22.5 Å². The lowest BCUT2D eigenvalue weighted by Gasteiger charge is -2.37. The summed E-state index contributed by atoms with van der Waals surface area (Å²) >= 11 is 0. The van der Waals surface area contributed by atoms with Crippen molar-refractivity contribution in [1.29, 1.82) is 0 Å². The van der Waals surface area contributed by atoms with Gasteiger partial charge in [0.1, 0.15) is 17.9 Å². The third-order valence-electron chi connectivity index (χ3n) is 4.71. The van der Waals surface area contributed by atoms with Crippen LogP contribution in [-0.4, -0.2) is 39.5 Å². The number of aliphatic hydroxyl groups is 1. The Bertz CT molecular complexity index is 769. The third kappa shape index (κ3) is 3.01. The van der Waals surface area contributed by atoms with Gasteiger partial charge in [-0.05, 0) is 25.5 Å². The molecule has 0 spiro atoms. The number of amides is 1. The first-order chi connectivity index (χ1) is 11.4. The molecule has 0 aliphatic carbocycles. The van der Waals surface area contributed by atoms with E-state index in [0.717, 1.165) is 28.3 Å². The first-order valence-electron chi connectivity index (χ1n) is 8.06. The standard InChI is InChI=1S/C18H23N3O3/c1-12-15(13(2)21(3)20-12)8-17(23)19-18(10-22)9-14-6-4-5-7-16(14)24-11-18/h4-7,22H,8-11H2,1-3H3,(H,19,23). The number of fused-ring (bicyclic) bond motifs is 1. The topological polar surface area (TPSA) is 76.4 Å². The Morgan fingerprint density at radius 1 is 1.42 bits per heavy atom. The van der Waals surface area contributed by atoms with Gasteiger partial charge in [-0.1, -0.05) is 18.2 Å². The maximum Gasteiger partial charge on any atom is 0.225 e. The van der Waals surface area contributed by atoms with Gasteiger partial charge in [-0.2, -0.15) is 5.10 Å². The predicted molar refractivity (Wildman–Crippen MR) is 90.0 cm³/mol. The SMILES string of the molecule is Cc1nn(C)c(C)c1CC(=O)NC1(CO)COc2ccccc2C1. The molecule has 1 aliphatic rings. The van der Waals surface area contributed by atoms with Crippen molar-refractivity contribution in [1.82, 2.24) is 15.1 Å². The highest BCUT2D eigenvalue weighted by atomic mass is 16.5. The van der Waals surface area contributed by atoms with Gasteiger partial charge in [-0.15, -0.1) is 0 Å². The van der Waals surface area contributed by atoms with Crippen LogP contribution in [-0.2, 0) is 24.7 Å². The smallest absolute Gasteiger partial charge is 0.225 e. The van der Waals surface area contributed by atoms with E-state index in [2.05, 4.69) is 10.4 Å². The van der Waals surface area contributed by atoms with Gasteiger partial charge in [0.25, 0.3) is 0 Å². The number of carbonyl (C=O) groups is 1. The number of aryl methyl sites for hydroxylation is 2. The minimum absolute atomic E-state index is 0.133. The van der Waals surface area contributed by atoms with E-state index in [-0.39, 0.29) is 25.5 Å². The van der Waals surface area contributed by atoms with Crippen molar-refractivity contribution in [2.45, 2.75) is 32.2 Å². The second-order valence-electron chi connectivity index (χ2n) is 6.51. The molecular formula is C18H23N3O3. The lowest BCUT2D eigenvalue weighted by Crippen LogP contribution is -2.58. The zero-order valence-electron chi connectivity index (χ0n) is 14.3. The molecule has 0 saturated heterocycles. The number of benzene rings is 1. The number of aliphatic hydroxyl groups excluding tert-OH is 1. The second-order valence-corrected chi connectivity index (χ2v) is 6.51. The van der Waals surface area contributed by atoms with Gasteiger partial charge in [0.2, 0.25) is 5.91 Å². The molecule has 1 aromatic carbocycles. The molecule has 6 nitrogen and oxygen atoms in total. The Hall–Kier alpha value is -2.34. The third-order valence-corrected chi connectivity index (χ3v) is 4.71. The quantitative estimate of drug-likeness (QED) is 0.879. The van der Waals surface area contributed by atoms with E-state index in [1.54, 1.807) is 4.68 Å². The fourth-order valence-electron chi connectivity index (χ4n) is 3.22. The molecule has 0 fully saturated rings. The first kappa shape index (κ1) is 16.5. The van der Waals surface area contributed by atoms with Gasteiger partial charge < -0.3 is 15.2 Å². The first-order valence-corrected chi connectivity index (χ1v) is 8.06. The Kier molecular flexibility index (Phi) is 4.32. The zero-order chi connectivity index (χ0) is 17.3. The molecule has 1 atom stereocenters. The van der Waals surface area contributed by atoms with Crippen LogP contribution in [0.3, 0.4) is 0 Å². The van der Waals surface area contributed by atoms with Crippen molar-refractivity contribution in [2.75, 3.05) is 13.2 Å². The van der Waals surface area contributed by atoms with Gasteiger partial charge in [0.15, 0.2) is 0 Å². The average Bonchev–Trinajstić information content (AvgIpc) is 2.81. The van der Waals surface area contributed by atoms with E-state index in [0.29, 0.717) is 6.42 Å². The summed E-state index contributed by atoms with van der Waals surface area (Å²) in [5.74, 6) is 0.681. The molecule has 2 heterocycles. The van der Waals surface area contributed by atoms with Gasteiger partial charge in [0.05, 0.1) is 18.7 Å². The molecule has 3 rings (SSSR count). The van der Waals surface area contributed by atoms with Crippen molar-refractivity contribution in [2.24, 2.45) is 7.05 Å². The molecule has 0 bridgehead atoms. The van der Waals surface area contributed by atoms with Crippen molar-refractivity contribution in [3.05, 3.63) is 46.8 Å². The molecule has 1 aromatic heterocycles. The lowest BCUT2D eigenvalue weighted by atomic mass is 9.89. The van der Waals surface area contributed by atoms with E-state index in [9.17, 15) is 9.90 Å². The molecule has 1 amide bonds. The number of nitrogens with one attached hydrogen (secondary N) is 1. The molecule has 24 heavy (non-hydrogen) atoms. The molecule has 2 N–H and O–H groups in total. The highest BCUT2D eigenvalue weighted by Gasteiger charge is 2.37. The molecule has 6 heteroatoms. The fraction of sp³-hybridized carbons (Fsp3) is 0.444. The summed E-state index contributed by atoms with van der Waals surface area (Å²) in [4.78, 5) is 12.6. The fourth-order valence-corrected chi connectivity index (χ4v) is 3.22. The molecule has 128 valence electrons. The minimum Gasteiger partial charge on any atom is -0.491 e. The molecular weight excluding hydrogens is 306 g/mol. The Morgan fingerprint density at radius 2 is 2.17 bits per heavy atom. The minimum atomic E-state index is -0.782. The maximum atomic E-state index is 12.6. The summed E-state index contributed by atoms with van der Waals surface area (Å²) in [6, 6.07) is 7.71. The lowest BCUT2D eigenvalue weighted by molar-refractivity contribution is -0.123. The highest BCUT2D eigenvalue weighted by Crippen LogP contribution is 2.29. The summed E-state index contributed by atoms with van der Waals surface area (Å²) in [5, 5.41) is 17.2. The van der Waals surface area contributed by atoms with Crippen molar-refractivity contribution in [3.63, 3.8) is 0 Å². The number of rotatable bonds is 4. The van der Waals surface area contributed by atoms with Gasteiger partial charge in [-0.25, -0.2) is 0 Å². The second kappa shape index (κ2) is 6.28. The van der Waals surface area contributed by atoms with Crippen molar-refractivity contribution >= 4 is 5.91 Å². The molecule has 0 radical (unpaired) electrons. The summed E-state index contributed by atoms with van der Waals surface area (Å²) in [5.41, 5.74) is 2.97. The van der Waals surface area contributed by atoms with Crippen LogP contribution in [0.15, 0.2) is 24.3 Å². The van der Waals surface area contributed by atoms with E-state index < -0.39 is 5.54 Å². The highest BCUT2D eigenvalue weighted by molar-refractivity contribution is 5.80. The average molecular weight is 329 g/mol. The van der Waals surface area contributed by atoms with Crippen LogP contribution in [0.25, 0.3) is 0 Å². The Balaban J connectivity index is 1.75. The van der Waals surface area contributed by atoms with Gasteiger partial charge >= 0.3 is 0 Å². The van der Waals surface area contributed by atoms with Gasteiger partial charge in [0, 0.05) is 24.7 Å². The molecule has 1 aliphatic heterocycles. The van der Waals surface area contributed by atoms with E-state index in [4.69, 9.17) is 4.74 Å². The summed E-state index contributed by atoms with van der Waals surface area (Å²) in [6.07, 6.45) is 0.797. The summed E-state index contributed by atoms with van der Waals surface area (Å²) in [7, 11) is 1.87. The van der Waals surface area contributed by atoms with E-state index in [1.807, 2.05) is 45.2 Å². The number of aromatic nitrogens is 2. The normalized spacial score (nSPS) is 19.5. The Labute approximate surface area is 141 Å². The van der Waals surface area contributed by atoms with E-state index >= 15 is 0 Å². The van der Waals surface area contributed by atoms with Crippen LogP contribution in [0.4, 0.5) is 0 Å². The summed E-state index contributed by atoms with van der Waals surface area (Å²) in [6.45, 7) is 3.94. The van der Waals surface area contributed by atoms with Crippen molar-refractivity contribution in [3.8, 4) is 5.75 Å². The van der Waals surface area contributed by atoms with Crippen LogP contribution < -0.4 is 10.1 Å². The van der Waals surface area contributed by atoms with Gasteiger partial charge in [-0.3, -0.25) is 9.48 Å². The molecule has 0 saturated carbocycles. The monoisotopic (exact) mass is 329 g/mol. The van der Waals surface area contributed by atoms with Crippen LogP contribution in [0.2, 0.25) is 0 Å². The maximum absolute atomic E-state index is 12.6. The zero-order valence-corrected chi connectivity index (χ0v) is 14.3. The largest absolute Gasteiger partial charge is 0.491 e. The van der Waals surface area contributed by atoms with Crippen LogP contribution in [0.5, 0.6) is 5.75 Å². The predicted octanol–water partition coefficient (Wildman–Crippen LogP) is 1.06. The van der Waals surface area contributed by atoms with Crippen molar-refractivity contribution < 1.29 is 14.6 Å². The van der Waals surface area contributed by atoms with E-state index in [1.165, 1.54) is 0 Å². The number of hydrogen-bond acceptors (Lipinski definition) is 4. The van der Waals surface area contributed by atoms with Crippen LogP contribution >= 0.6 is 0 Å². The van der Waals surface area contributed by atoms with Crippen LogP contribution in [0, 0.1) is 13.8 Å². The number of carbonyl (C=O) groups excluding carboxylic acids is 1. The number of para-hydroxylation sites is 1.